The Morgan fingerprint density at radius 1 is 1.64 bits per heavy atom. The third-order valence-electron chi connectivity index (χ3n) is 1.31. The summed E-state index contributed by atoms with van der Waals surface area (Å²) in [4.78, 5) is 15.7. The van der Waals surface area contributed by atoms with E-state index in [1.165, 1.54) is 7.11 Å². The van der Waals surface area contributed by atoms with Crippen molar-refractivity contribution in [3.63, 3.8) is 0 Å². The van der Waals surface area contributed by atoms with Crippen LogP contribution in [-0.4, -0.2) is 35.5 Å². The minimum atomic E-state index is -0.00954. The molecule has 0 spiro atoms. The molecule has 5 heteroatoms. The molecule has 1 atom stereocenters. The second-order valence-corrected chi connectivity index (χ2v) is 4.57. The number of hydrogen-bond donors (Lipinski definition) is 1. The van der Waals surface area contributed by atoms with Crippen molar-refractivity contribution in [2.45, 2.75) is 5.25 Å². The van der Waals surface area contributed by atoms with E-state index in [4.69, 9.17) is 0 Å². The number of rotatable bonds is 2. The van der Waals surface area contributed by atoms with Crippen LogP contribution in [0.15, 0.2) is 0 Å². The highest BCUT2D eigenvalue weighted by Crippen LogP contribution is 2.23. The number of thioether (sulfide) groups is 2. The van der Waals surface area contributed by atoms with Crippen LogP contribution in [0.25, 0.3) is 0 Å². The summed E-state index contributed by atoms with van der Waals surface area (Å²) in [5, 5.41) is 0.0775. The van der Waals surface area contributed by atoms with E-state index in [0.717, 1.165) is 17.3 Å². The van der Waals surface area contributed by atoms with Crippen LogP contribution in [0.3, 0.4) is 0 Å². The predicted molar refractivity (Wildman–Crippen MR) is 48.7 cm³/mol. The summed E-state index contributed by atoms with van der Waals surface area (Å²) in [5.74, 6) is 3.11. The smallest absolute Gasteiger partial charge is 0.257 e. The Morgan fingerprint density at radius 3 is 3.00 bits per heavy atom. The summed E-state index contributed by atoms with van der Waals surface area (Å²) in [5.41, 5.74) is 2.34. The van der Waals surface area contributed by atoms with Crippen molar-refractivity contribution in [2.24, 2.45) is 0 Å². The average Bonchev–Trinajstić information content (AvgIpc) is 2.07. The minimum Gasteiger partial charge on any atom is -0.277 e. The zero-order valence-corrected chi connectivity index (χ0v) is 7.96. The van der Waals surface area contributed by atoms with Gasteiger partial charge in [-0.15, -0.1) is 11.8 Å². The van der Waals surface area contributed by atoms with Crippen LogP contribution in [-0.2, 0) is 9.63 Å². The van der Waals surface area contributed by atoms with Gasteiger partial charge in [0.15, 0.2) is 0 Å². The van der Waals surface area contributed by atoms with Gasteiger partial charge >= 0.3 is 0 Å². The van der Waals surface area contributed by atoms with Gasteiger partial charge in [-0.1, -0.05) is 0 Å². The number of carbonyl (C=O) groups is 1. The molecule has 0 bridgehead atoms. The summed E-state index contributed by atoms with van der Waals surface area (Å²) < 4.78 is 0. The quantitative estimate of drug-likeness (QED) is 0.649. The molecule has 1 rings (SSSR count). The van der Waals surface area contributed by atoms with Gasteiger partial charge < -0.3 is 0 Å². The first-order valence-corrected chi connectivity index (χ1v) is 5.57. The Kier molecular flexibility index (Phi) is 4.11. The van der Waals surface area contributed by atoms with Crippen molar-refractivity contribution in [3.05, 3.63) is 0 Å². The largest absolute Gasteiger partial charge is 0.277 e. The maximum Gasteiger partial charge on any atom is 0.257 e. The van der Waals surface area contributed by atoms with Crippen LogP contribution in [0.2, 0.25) is 0 Å². The predicted octanol–water partition coefficient (Wildman–Crippen LogP) is 0.513. The molecule has 11 heavy (non-hydrogen) atoms. The fourth-order valence-electron chi connectivity index (χ4n) is 0.805. The number of carbonyl (C=O) groups excluding carboxylic acids is 1. The normalized spacial score (nSPS) is 24.6. The zero-order valence-electron chi connectivity index (χ0n) is 6.33. The summed E-state index contributed by atoms with van der Waals surface area (Å²) in [6.45, 7) is 0. The minimum absolute atomic E-state index is 0.00954. The van der Waals surface area contributed by atoms with Gasteiger partial charge in [-0.25, -0.2) is 5.48 Å². The SMILES string of the molecule is CONC(=O)C1CSCCS1. The molecule has 0 radical (unpaired) electrons. The van der Waals surface area contributed by atoms with Crippen LogP contribution >= 0.6 is 23.5 Å². The van der Waals surface area contributed by atoms with Gasteiger partial charge in [0.1, 0.15) is 0 Å². The van der Waals surface area contributed by atoms with Gasteiger partial charge in [-0.2, -0.15) is 11.8 Å². The molecule has 64 valence electrons. The molecule has 1 heterocycles. The number of hydroxylamine groups is 1. The van der Waals surface area contributed by atoms with E-state index in [-0.39, 0.29) is 11.2 Å². The van der Waals surface area contributed by atoms with Crippen molar-refractivity contribution in [1.82, 2.24) is 5.48 Å². The molecule has 1 fully saturated rings. The standard InChI is InChI=1S/C6H11NO2S2/c1-9-7-6(8)5-4-10-2-3-11-5/h5H,2-4H2,1H3,(H,7,8). The first-order valence-electron chi connectivity index (χ1n) is 3.37. The van der Waals surface area contributed by atoms with E-state index in [1.54, 1.807) is 11.8 Å². The maximum absolute atomic E-state index is 11.1. The third kappa shape index (κ3) is 2.92. The molecule has 0 aromatic carbocycles. The van der Waals surface area contributed by atoms with E-state index in [0.29, 0.717) is 0 Å². The molecule has 0 aromatic heterocycles. The molecular weight excluding hydrogens is 182 g/mol. The Labute approximate surface area is 74.6 Å². The van der Waals surface area contributed by atoms with Crippen molar-refractivity contribution in [2.75, 3.05) is 24.4 Å². The second kappa shape index (κ2) is 4.90. The molecule has 1 unspecified atom stereocenters. The lowest BCUT2D eigenvalue weighted by Crippen LogP contribution is -2.35. The van der Waals surface area contributed by atoms with Crippen molar-refractivity contribution >= 4 is 29.4 Å². The molecule has 1 aliphatic heterocycles. The fraction of sp³-hybridized carbons (Fsp3) is 0.833. The fourth-order valence-corrected chi connectivity index (χ4v) is 3.35. The van der Waals surface area contributed by atoms with E-state index in [9.17, 15) is 4.79 Å². The molecule has 0 saturated carbocycles. The topological polar surface area (TPSA) is 38.3 Å². The van der Waals surface area contributed by atoms with Crippen LogP contribution in [0.4, 0.5) is 0 Å². The van der Waals surface area contributed by atoms with E-state index in [1.807, 2.05) is 11.8 Å². The monoisotopic (exact) mass is 193 g/mol. The average molecular weight is 193 g/mol. The van der Waals surface area contributed by atoms with Gasteiger partial charge in [0.2, 0.25) is 0 Å². The molecule has 0 aromatic rings. The van der Waals surface area contributed by atoms with Gasteiger partial charge in [0.05, 0.1) is 12.4 Å². The number of amides is 1. The van der Waals surface area contributed by atoms with Crippen LogP contribution in [0.1, 0.15) is 0 Å². The molecule has 3 nitrogen and oxygen atoms in total. The molecule has 1 aliphatic rings. The highest BCUT2D eigenvalue weighted by molar-refractivity contribution is 8.07. The van der Waals surface area contributed by atoms with Crippen molar-refractivity contribution < 1.29 is 9.63 Å². The van der Waals surface area contributed by atoms with Gasteiger partial charge in [-0.05, 0) is 0 Å². The van der Waals surface area contributed by atoms with Gasteiger partial charge in [-0.3, -0.25) is 9.63 Å². The Morgan fingerprint density at radius 2 is 2.45 bits per heavy atom. The summed E-state index contributed by atoms with van der Waals surface area (Å²) >= 11 is 3.52. The summed E-state index contributed by atoms with van der Waals surface area (Å²) in [7, 11) is 1.46. The van der Waals surface area contributed by atoms with Crippen LogP contribution < -0.4 is 5.48 Å². The number of nitrogens with one attached hydrogen (secondary N) is 1. The first kappa shape index (κ1) is 9.22. The van der Waals surface area contributed by atoms with Crippen molar-refractivity contribution in [1.29, 1.82) is 0 Å². The lowest BCUT2D eigenvalue weighted by molar-refractivity contribution is -0.130. The summed E-state index contributed by atoms with van der Waals surface area (Å²) in [6, 6.07) is 0. The molecule has 1 amide bonds. The summed E-state index contributed by atoms with van der Waals surface area (Å²) in [6.07, 6.45) is 0. The first-order chi connectivity index (χ1) is 5.34. The van der Waals surface area contributed by atoms with Crippen molar-refractivity contribution in [3.8, 4) is 0 Å². The molecular formula is C6H11NO2S2. The Bertz CT molecular complexity index is 137. The van der Waals surface area contributed by atoms with Crippen LogP contribution in [0.5, 0.6) is 0 Å². The second-order valence-electron chi connectivity index (χ2n) is 2.10. The Hall–Kier alpha value is 0.130. The van der Waals surface area contributed by atoms with E-state index < -0.39 is 0 Å². The van der Waals surface area contributed by atoms with E-state index in [2.05, 4.69) is 10.3 Å². The van der Waals surface area contributed by atoms with Gasteiger partial charge in [0, 0.05) is 17.3 Å². The van der Waals surface area contributed by atoms with Gasteiger partial charge in [0.25, 0.3) is 5.91 Å². The number of hydrogen-bond acceptors (Lipinski definition) is 4. The molecule has 1 N–H and O–H groups in total. The lowest BCUT2D eigenvalue weighted by Gasteiger charge is -2.19. The van der Waals surface area contributed by atoms with E-state index >= 15 is 0 Å². The Balaban J connectivity index is 2.27. The lowest BCUT2D eigenvalue weighted by atomic mass is 10.4. The maximum atomic E-state index is 11.1. The third-order valence-corrected chi connectivity index (χ3v) is 4.07. The molecule has 0 aliphatic carbocycles. The van der Waals surface area contributed by atoms with Crippen LogP contribution in [0, 0.1) is 0 Å². The molecule has 1 saturated heterocycles. The highest BCUT2D eigenvalue weighted by Gasteiger charge is 2.21. The zero-order chi connectivity index (χ0) is 8.10. The highest BCUT2D eigenvalue weighted by atomic mass is 32.2.